The molecule has 0 aliphatic carbocycles. The van der Waals surface area contributed by atoms with E-state index in [1.165, 1.54) is 6.07 Å². The zero-order valence-corrected chi connectivity index (χ0v) is 11.6. The van der Waals surface area contributed by atoms with Gasteiger partial charge >= 0.3 is 0 Å². The zero-order valence-electron chi connectivity index (χ0n) is 10.8. The molecule has 112 valence electrons. The minimum atomic E-state index is -3.97. The Hall–Kier alpha value is -1.22. The van der Waals surface area contributed by atoms with E-state index in [1.54, 1.807) is 0 Å². The molecule has 0 radical (unpaired) electrons. The number of nitrogens with two attached hydrogens (primary N) is 1. The van der Waals surface area contributed by atoms with Crippen LogP contribution in [-0.2, 0) is 14.8 Å². The first kappa shape index (κ1) is 15.2. The van der Waals surface area contributed by atoms with Gasteiger partial charge in [0.15, 0.2) is 0 Å². The summed E-state index contributed by atoms with van der Waals surface area (Å²) in [6.07, 6.45) is 0.683. The summed E-state index contributed by atoms with van der Waals surface area (Å²) >= 11 is 0. The number of aliphatic hydroxyl groups is 1. The minimum absolute atomic E-state index is 0.0436. The highest BCUT2D eigenvalue weighted by Gasteiger charge is 2.32. The molecular weight excluding hydrogens is 287 g/mol. The highest BCUT2D eigenvalue weighted by molar-refractivity contribution is 7.89. The molecule has 1 aliphatic rings. The molecule has 0 aromatic heterocycles. The molecule has 1 saturated heterocycles. The van der Waals surface area contributed by atoms with E-state index in [4.69, 9.17) is 10.5 Å². The molecule has 1 aromatic carbocycles. The third kappa shape index (κ3) is 3.45. The summed E-state index contributed by atoms with van der Waals surface area (Å²) in [7, 11) is -3.97. The zero-order chi connectivity index (χ0) is 14.8. The maximum atomic E-state index is 13.1. The fourth-order valence-corrected chi connectivity index (χ4v) is 3.24. The SMILES string of the molecule is Nc1ccc(F)cc1S(=O)(=O)NCC1(O)CCOCC1. The molecule has 0 saturated carbocycles. The van der Waals surface area contributed by atoms with Gasteiger partial charge in [0.25, 0.3) is 0 Å². The van der Waals surface area contributed by atoms with Gasteiger partial charge in [-0.05, 0) is 18.2 Å². The quantitative estimate of drug-likeness (QED) is 0.691. The van der Waals surface area contributed by atoms with Crippen molar-refractivity contribution in [3.8, 4) is 0 Å². The van der Waals surface area contributed by atoms with Crippen molar-refractivity contribution < 1.29 is 22.7 Å². The summed E-state index contributed by atoms with van der Waals surface area (Å²) in [6.45, 7) is 0.593. The minimum Gasteiger partial charge on any atom is -0.398 e. The first-order valence-electron chi connectivity index (χ1n) is 6.17. The smallest absolute Gasteiger partial charge is 0.242 e. The van der Waals surface area contributed by atoms with E-state index in [-0.39, 0.29) is 17.1 Å². The second-order valence-electron chi connectivity index (χ2n) is 4.84. The number of rotatable bonds is 4. The van der Waals surface area contributed by atoms with E-state index in [1.807, 2.05) is 0 Å². The molecule has 20 heavy (non-hydrogen) atoms. The number of benzene rings is 1. The second kappa shape index (κ2) is 5.65. The molecule has 0 unspecified atom stereocenters. The Labute approximate surface area is 116 Å². The van der Waals surface area contributed by atoms with E-state index in [9.17, 15) is 17.9 Å². The Kier molecular flexibility index (Phi) is 4.28. The molecule has 4 N–H and O–H groups in total. The predicted molar refractivity (Wildman–Crippen MR) is 71.0 cm³/mol. The molecule has 1 heterocycles. The molecule has 0 bridgehead atoms. The third-order valence-corrected chi connectivity index (χ3v) is 4.74. The summed E-state index contributed by atoms with van der Waals surface area (Å²) in [5.41, 5.74) is 4.36. The Morgan fingerprint density at radius 3 is 2.70 bits per heavy atom. The number of nitrogen functional groups attached to an aromatic ring is 1. The molecule has 0 atom stereocenters. The lowest BCUT2D eigenvalue weighted by Crippen LogP contribution is -2.46. The van der Waals surface area contributed by atoms with Crippen LogP contribution in [0.2, 0.25) is 0 Å². The number of hydrogen-bond acceptors (Lipinski definition) is 5. The Morgan fingerprint density at radius 2 is 2.05 bits per heavy atom. The molecule has 1 aliphatic heterocycles. The van der Waals surface area contributed by atoms with Crippen LogP contribution in [0.15, 0.2) is 23.1 Å². The fourth-order valence-electron chi connectivity index (χ4n) is 1.98. The van der Waals surface area contributed by atoms with Crippen LogP contribution in [0.25, 0.3) is 0 Å². The van der Waals surface area contributed by atoms with E-state index >= 15 is 0 Å². The van der Waals surface area contributed by atoms with Crippen molar-refractivity contribution in [1.29, 1.82) is 0 Å². The number of sulfonamides is 1. The number of ether oxygens (including phenoxy) is 1. The van der Waals surface area contributed by atoms with Crippen molar-refractivity contribution in [2.45, 2.75) is 23.3 Å². The van der Waals surface area contributed by atoms with Crippen LogP contribution in [0.1, 0.15) is 12.8 Å². The van der Waals surface area contributed by atoms with Gasteiger partial charge in [-0.15, -0.1) is 0 Å². The van der Waals surface area contributed by atoms with Crippen molar-refractivity contribution in [2.75, 3.05) is 25.5 Å². The standard InChI is InChI=1S/C12H17FN2O4S/c13-9-1-2-10(14)11(7-9)20(17,18)15-8-12(16)3-5-19-6-4-12/h1-2,7,15-16H,3-6,8,14H2. The topological polar surface area (TPSA) is 102 Å². The van der Waals surface area contributed by atoms with Gasteiger partial charge in [-0.25, -0.2) is 17.5 Å². The number of halogens is 1. The Morgan fingerprint density at radius 1 is 1.40 bits per heavy atom. The van der Waals surface area contributed by atoms with E-state index in [0.717, 1.165) is 12.1 Å². The normalized spacial score (nSPS) is 18.9. The monoisotopic (exact) mass is 304 g/mol. The summed E-state index contributed by atoms with van der Waals surface area (Å²) in [5.74, 6) is -0.690. The molecule has 1 fully saturated rings. The lowest BCUT2D eigenvalue weighted by atomic mass is 9.95. The van der Waals surface area contributed by atoms with Crippen molar-refractivity contribution >= 4 is 15.7 Å². The summed E-state index contributed by atoms with van der Waals surface area (Å²) in [4.78, 5) is -0.326. The molecule has 2 rings (SSSR count). The van der Waals surface area contributed by atoms with Crippen LogP contribution in [-0.4, -0.2) is 38.9 Å². The van der Waals surface area contributed by atoms with Crippen molar-refractivity contribution in [2.24, 2.45) is 0 Å². The van der Waals surface area contributed by atoms with Gasteiger partial charge < -0.3 is 15.6 Å². The van der Waals surface area contributed by atoms with Gasteiger partial charge in [-0.3, -0.25) is 0 Å². The molecule has 6 nitrogen and oxygen atoms in total. The summed E-state index contributed by atoms with van der Waals surface area (Å²) in [5, 5.41) is 10.2. The van der Waals surface area contributed by atoms with Crippen LogP contribution in [0.5, 0.6) is 0 Å². The number of nitrogens with one attached hydrogen (secondary N) is 1. The third-order valence-electron chi connectivity index (χ3n) is 3.28. The van der Waals surface area contributed by atoms with Gasteiger partial charge in [0.1, 0.15) is 10.7 Å². The first-order chi connectivity index (χ1) is 9.32. The average Bonchev–Trinajstić information content (AvgIpc) is 2.40. The molecule has 1 aromatic rings. The average molecular weight is 304 g/mol. The van der Waals surface area contributed by atoms with Crippen LogP contribution >= 0.6 is 0 Å². The number of anilines is 1. The Balaban J connectivity index is 2.13. The maximum absolute atomic E-state index is 13.1. The molecule has 8 heteroatoms. The van der Waals surface area contributed by atoms with Crippen LogP contribution in [0, 0.1) is 5.82 Å². The lowest BCUT2D eigenvalue weighted by Gasteiger charge is -2.32. The van der Waals surface area contributed by atoms with Gasteiger partial charge in [0, 0.05) is 32.6 Å². The van der Waals surface area contributed by atoms with Gasteiger partial charge in [0.2, 0.25) is 10.0 Å². The fraction of sp³-hybridized carbons (Fsp3) is 0.500. The summed E-state index contributed by atoms with van der Waals surface area (Å²) in [6, 6.07) is 3.12. The molecular formula is C12H17FN2O4S. The van der Waals surface area contributed by atoms with E-state index in [2.05, 4.69) is 4.72 Å². The predicted octanol–water partition coefficient (Wildman–Crippen LogP) is 0.228. The van der Waals surface area contributed by atoms with Crippen molar-refractivity contribution in [3.63, 3.8) is 0 Å². The van der Waals surface area contributed by atoms with Gasteiger partial charge in [-0.2, -0.15) is 0 Å². The summed E-state index contributed by atoms with van der Waals surface area (Å²) < 4.78 is 44.7. The van der Waals surface area contributed by atoms with Gasteiger partial charge in [0.05, 0.1) is 11.3 Å². The van der Waals surface area contributed by atoms with Gasteiger partial charge in [-0.1, -0.05) is 0 Å². The number of hydrogen-bond donors (Lipinski definition) is 3. The van der Waals surface area contributed by atoms with Crippen molar-refractivity contribution in [1.82, 2.24) is 4.72 Å². The molecule has 0 amide bonds. The van der Waals surface area contributed by atoms with Crippen LogP contribution in [0.3, 0.4) is 0 Å². The first-order valence-corrected chi connectivity index (χ1v) is 7.66. The highest BCUT2D eigenvalue weighted by Crippen LogP contribution is 2.22. The maximum Gasteiger partial charge on any atom is 0.242 e. The second-order valence-corrected chi connectivity index (χ2v) is 6.58. The van der Waals surface area contributed by atoms with E-state index in [0.29, 0.717) is 26.1 Å². The lowest BCUT2D eigenvalue weighted by molar-refractivity contribution is -0.0588. The largest absolute Gasteiger partial charge is 0.398 e. The van der Waals surface area contributed by atoms with Crippen LogP contribution in [0.4, 0.5) is 10.1 Å². The van der Waals surface area contributed by atoms with E-state index < -0.39 is 21.4 Å². The van der Waals surface area contributed by atoms with Crippen LogP contribution < -0.4 is 10.5 Å². The highest BCUT2D eigenvalue weighted by atomic mass is 32.2. The van der Waals surface area contributed by atoms with Crippen molar-refractivity contribution in [3.05, 3.63) is 24.0 Å². The molecule has 0 spiro atoms. The Bertz CT molecular complexity index is 585.